The Balaban J connectivity index is 2.41. The number of para-hydroxylation sites is 1. The van der Waals surface area contributed by atoms with Crippen molar-refractivity contribution in [2.24, 2.45) is 5.73 Å². The highest BCUT2D eigenvalue weighted by atomic mass is 16.5. The van der Waals surface area contributed by atoms with Crippen molar-refractivity contribution in [1.29, 1.82) is 0 Å². The molecule has 0 saturated carbocycles. The van der Waals surface area contributed by atoms with E-state index in [4.69, 9.17) is 15.6 Å². The van der Waals surface area contributed by atoms with Crippen molar-refractivity contribution in [2.45, 2.75) is 32.2 Å². The van der Waals surface area contributed by atoms with Crippen LogP contribution >= 0.6 is 0 Å². The third kappa shape index (κ3) is 4.21. The van der Waals surface area contributed by atoms with Crippen molar-refractivity contribution >= 4 is 0 Å². The third-order valence-electron chi connectivity index (χ3n) is 2.47. The number of rotatable bonds is 7. The number of benzene rings is 1. The minimum Gasteiger partial charge on any atom is -0.493 e. The van der Waals surface area contributed by atoms with Crippen LogP contribution in [-0.4, -0.2) is 18.3 Å². The Morgan fingerprint density at radius 1 is 1.25 bits per heavy atom. The van der Waals surface area contributed by atoms with Gasteiger partial charge in [0.2, 0.25) is 0 Å². The highest BCUT2D eigenvalue weighted by Gasteiger charge is 2.06. The van der Waals surface area contributed by atoms with Gasteiger partial charge in [0.25, 0.3) is 0 Å². The first-order valence-corrected chi connectivity index (χ1v) is 5.84. The topological polar surface area (TPSA) is 55.5 Å². The molecule has 0 fully saturated rings. The summed E-state index contributed by atoms with van der Waals surface area (Å²) in [5, 5.41) is 8.64. The highest BCUT2D eigenvalue weighted by Crippen LogP contribution is 2.23. The molecular formula is C13H21NO2. The molecule has 0 aliphatic heterocycles. The number of ether oxygens (including phenoxy) is 1. The summed E-state index contributed by atoms with van der Waals surface area (Å²) in [5.41, 5.74) is 6.90. The van der Waals surface area contributed by atoms with Crippen molar-refractivity contribution in [3.05, 3.63) is 29.8 Å². The van der Waals surface area contributed by atoms with Gasteiger partial charge in [-0.2, -0.15) is 0 Å². The number of nitrogens with two attached hydrogens (primary N) is 1. The lowest BCUT2D eigenvalue weighted by Gasteiger charge is -2.13. The smallest absolute Gasteiger partial charge is 0.124 e. The van der Waals surface area contributed by atoms with E-state index in [-0.39, 0.29) is 12.6 Å². The first-order valence-electron chi connectivity index (χ1n) is 5.84. The molecule has 0 aliphatic carbocycles. The van der Waals surface area contributed by atoms with E-state index in [0.717, 1.165) is 30.6 Å². The molecule has 0 spiro atoms. The molecule has 90 valence electrons. The quantitative estimate of drug-likeness (QED) is 0.697. The molecule has 1 aromatic carbocycles. The Labute approximate surface area is 97.2 Å². The highest BCUT2D eigenvalue weighted by molar-refractivity contribution is 5.35. The summed E-state index contributed by atoms with van der Waals surface area (Å²) in [6.07, 6.45) is 2.81. The molecule has 0 aliphatic rings. The fraction of sp³-hybridized carbons (Fsp3) is 0.538. The molecule has 0 unspecified atom stereocenters. The molecule has 0 radical (unpaired) electrons. The maximum Gasteiger partial charge on any atom is 0.124 e. The van der Waals surface area contributed by atoms with E-state index < -0.39 is 0 Å². The summed E-state index contributed by atoms with van der Waals surface area (Å²) in [5.74, 6) is 0.876. The van der Waals surface area contributed by atoms with Crippen LogP contribution < -0.4 is 10.5 Å². The lowest BCUT2D eigenvalue weighted by Crippen LogP contribution is -2.08. The maximum absolute atomic E-state index is 8.64. The van der Waals surface area contributed by atoms with Gasteiger partial charge in [-0.1, -0.05) is 18.2 Å². The van der Waals surface area contributed by atoms with Crippen LogP contribution in [0.4, 0.5) is 0 Å². The zero-order chi connectivity index (χ0) is 11.8. The molecule has 0 aromatic heterocycles. The Bertz CT molecular complexity index is 300. The molecule has 0 bridgehead atoms. The summed E-state index contributed by atoms with van der Waals surface area (Å²) in [7, 11) is 0. The SMILES string of the molecule is C[C@@H](N)c1ccccc1OCCCCCO. The van der Waals surface area contributed by atoms with Gasteiger partial charge in [0, 0.05) is 18.2 Å². The minimum absolute atomic E-state index is 0.00589. The molecule has 1 atom stereocenters. The number of unbranched alkanes of at least 4 members (excludes halogenated alkanes) is 2. The maximum atomic E-state index is 8.64. The zero-order valence-electron chi connectivity index (χ0n) is 9.86. The average molecular weight is 223 g/mol. The normalized spacial score (nSPS) is 12.4. The van der Waals surface area contributed by atoms with E-state index in [1.54, 1.807) is 0 Å². The van der Waals surface area contributed by atoms with Gasteiger partial charge in [-0.05, 0) is 32.3 Å². The summed E-state index contributed by atoms with van der Waals surface area (Å²) in [6, 6.07) is 7.86. The van der Waals surface area contributed by atoms with Crippen LogP contribution in [0.3, 0.4) is 0 Å². The second-order valence-electron chi connectivity index (χ2n) is 3.96. The van der Waals surface area contributed by atoms with E-state index in [9.17, 15) is 0 Å². The van der Waals surface area contributed by atoms with E-state index in [2.05, 4.69) is 0 Å². The van der Waals surface area contributed by atoms with Crippen LogP contribution in [0, 0.1) is 0 Å². The molecule has 0 saturated heterocycles. The number of aliphatic hydroxyl groups excluding tert-OH is 1. The summed E-state index contributed by atoms with van der Waals surface area (Å²) in [4.78, 5) is 0. The van der Waals surface area contributed by atoms with Gasteiger partial charge in [-0.3, -0.25) is 0 Å². The molecule has 3 N–H and O–H groups in total. The van der Waals surface area contributed by atoms with Crippen LogP contribution in [0.5, 0.6) is 5.75 Å². The predicted molar refractivity (Wildman–Crippen MR) is 65.5 cm³/mol. The lowest BCUT2D eigenvalue weighted by atomic mass is 10.1. The Hall–Kier alpha value is -1.06. The summed E-state index contributed by atoms with van der Waals surface area (Å²) in [6.45, 7) is 2.90. The first kappa shape index (κ1) is 13.0. The zero-order valence-corrected chi connectivity index (χ0v) is 9.86. The molecule has 3 heteroatoms. The predicted octanol–water partition coefficient (Wildman–Crippen LogP) is 2.25. The van der Waals surface area contributed by atoms with Crippen LogP contribution in [-0.2, 0) is 0 Å². The molecule has 1 aromatic rings. The molecule has 3 nitrogen and oxygen atoms in total. The van der Waals surface area contributed by atoms with Crippen molar-refractivity contribution in [3.63, 3.8) is 0 Å². The Kier molecular flexibility index (Phi) is 5.90. The van der Waals surface area contributed by atoms with Crippen molar-refractivity contribution < 1.29 is 9.84 Å². The molecule has 0 heterocycles. The van der Waals surface area contributed by atoms with Gasteiger partial charge < -0.3 is 15.6 Å². The first-order chi connectivity index (χ1) is 7.75. The average Bonchev–Trinajstić information content (AvgIpc) is 2.29. The van der Waals surface area contributed by atoms with Crippen LogP contribution in [0.15, 0.2) is 24.3 Å². The monoisotopic (exact) mass is 223 g/mol. The van der Waals surface area contributed by atoms with Gasteiger partial charge in [0.1, 0.15) is 5.75 Å². The summed E-state index contributed by atoms with van der Waals surface area (Å²) >= 11 is 0. The van der Waals surface area contributed by atoms with Gasteiger partial charge in [0.05, 0.1) is 6.61 Å². The molecule has 1 rings (SSSR count). The van der Waals surface area contributed by atoms with Crippen LogP contribution in [0.25, 0.3) is 0 Å². The fourth-order valence-electron chi connectivity index (χ4n) is 1.56. The van der Waals surface area contributed by atoms with Gasteiger partial charge >= 0.3 is 0 Å². The standard InChI is InChI=1S/C13H21NO2/c1-11(14)12-7-3-4-8-13(12)16-10-6-2-5-9-15/h3-4,7-8,11,15H,2,5-6,9-10,14H2,1H3/t11-/m1/s1. The van der Waals surface area contributed by atoms with Crippen molar-refractivity contribution in [3.8, 4) is 5.75 Å². The van der Waals surface area contributed by atoms with Crippen LogP contribution in [0.1, 0.15) is 37.8 Å². The van der Waals surface area contributed by atoms with Gasteiger partial charge in [-0.25, -0.2) is 0 Å². The van der Waals surface area contributed by atoms with Crippen molar-refractivity contribution in [2.75, 3.05) is 13.2 Å². The van der Waals surface area contributed by atoms with E-state index in [1.165, 1.54) is 0 Å². The van der Waals surface area contributed by atoms with Crippen LogP contribution in [0.2, 0.25) is 0 Å². The Morgan fingerprint density at radius 2 is 2.00 bits per heavy atom. The molecule has 0 amide bonds. The fourth-order valence-corrected chi connectivity index (χ4v) is 1.56. The Morgan fingerprint density at radius 3 is 2.69 bits per heavy atom. The van der Waals surface area contributed by atoms with Crippen molar-refractivity contribution in [1.82, 2.24) is 0 Å². The van der Waals surface area contributed by atoms with E-state index >= 15 is 0 Å². The largest absolute Gasteiger partial charge is 0.493 e. The molecular weight excluding hydrogens is 202 g/mol. The number of aliphatic hydroxyl groups is 1. The lowest BCUT2D eigenvalue weighted by molar-refractivity contribution is 0.265. The second-order valence-corrected chi connectivity index (χ2v) is 3.96. The number of hydrogen-bond acceptors (Lipinski definition) is 3. The summed E-state index contributed by atoms with van der Waals surface area (Å²) < 4.78 is 5.68. The van der Waals surface area contributed by atoms with E-state index in [0.29, 0.717) is 6.61 Å². The van der Waals surface area contributed by atoms with Gasteiger partial charge in [0.15, 0.2) is 0 Å². The minimum atomic E-state index is -0.00589. The second kappa shape index (κ2) is 7.25. The third-order valence-corrected chi connectivity index (χ3v) is 2.47. The van der Waals surface area contributed by atoms with Gasteiger partial charge in [-0.15, -0.1) is 0 Å². The molecule has 16 heavy (non-hydrogen) atoms. The van der Waals surface area contributed by atoms with E-state index in [1.807, 2.05) is 31.2 Å². The number of hydrogen-bond donors (Lipinski definition) is 2.